The van der Waals surface area contributed by atoms with E-state index < -0.39 is 15.9 Å². The number of rotatable bonds is 9. The number of ether oxygens (including phenoxy) is 2. The number of anilines is 2. The molecule has 7 nitrogen and oxygen atoms in total. The Hall–Kier alpha value is -3.36. The summed E-state index contributed by atoms with van der Waals surface area (Å²) in [6, 6.07) is 20.0. The predicted octanol–water partition coefficient (Wildman–Crippen LogP) is 4.07. The zero-order valence-corrected chi connectivity index (χ0v) is 18.1. The van der Waals surface area contributed by atoms with Crippen molar-refractivity contribution >= 4 is 27.3 Å². The molecule has 0 bridgehead atoms. The summed E-state index contributed by atoms with van der Waals surface area (Å²) in [4.78, 5) is 12.8. The lowest BCUT2D eigenvalue weighted by Gasteiger charge is -2.14. The van der Waals surface area contributed by atoms with Crippen molar-refractivity contribution in [3.8, 4) is 5.75 Å². The summed E-state index contributed by atoms with van der Waals surface area (Å²) in [5, 5.41) is 2.76. The highest BCUT2D eigenvalue weighted by molar-refractivity contribution is 7.92. The van der Waals surface area contributed by atoms with Gasteiger partial charge in [-0.2, -0.15) is 0 Å². The number of aryl methyl sites for hydroxylation is 1. The Bertz CT molecular complexity index is 1150. The van der Waals surface area contributed by atoms with Gasteiger partial charge in [-0.1, -0.05) is 30.3 Å². The maximum absolute atomic E-state index is 13.0. The largest absolute Gasteiger partial charge is 0.491 e. The van der Waals surface area contributed by atoms with Gasteiger partial charge in [-0.3, -0.25) is 9.52 Å². The molecule has 0 unspecified atom stereocenters. The normalized spacial score (nSPS) is 11.0. The van der Waals surface area contributed by atoms with Gasteiger partial charge in [-0.05, 0) is 55.0 Å². The van der Waals surface area contributed by atoms with E-state index in [9.17, 15) is 13.2 Å². The summed E-state index contributed by atoms with van der Waals surface area (Å²) < 4.78 is 39.0. The third-order valence-electron chi connectivity index (χ3n) is 4.45. The van der Waals surface area contributed by atoms with E-state index in [1.807, 2.05) is 6.07 Å². The van der Waals surface area contributed by atoms with Gasteiger partial charge in [0.05, 0.1) is 22.8 Å². The second-order valence-corrected chi connectivity index (χ2v) is 8.42. The van der Waals surface area contributed by atoms with Crippen LogP contribution in [0.15, 0.2) is 77.7 Å². The summed E-state index contributed by atoms with van der Waals surface area (Å²) in [5.74, 6) is 0.168. The molecule has 0 atom stereocenters. The monoisotopic (exact) mass is 440 g/mol. The summed E-state index contributed by atoms with van der Waals surface area (Å²) in [5.41, 5.74) is 1.69. The molecular weight excluding hydrogens is 416 g/mol. The molecule has 31 heavy (non-hydrogen) atoms. The van der Waals surface area contributed by atoms with Crippen LogP contribution in [0, 0.1) is 6.92 Å². The lowest BCUT2D eigenvalue weighted by molar-refractivity contribution is 0.102. The first-order valence-corrected chi connectivity index (χ1v) is 11.1. The van der Waals surface area contributed by atoms with E-state index >= 15 is 0 Å². The zero-order chi connectivity index (χ0) is 22.3. The number of carbonyl (C=O) groups excluding carboxylic acids is 1. The quantitative estimate of drug-likeness (QED) is 0.489. The third kappa shape index (κ3) is 5.84. The molecular formula is C23H24N2O5S. The lowest BCUT2D eigenvalue weighted by atomic mass is 10.1. The predicted molar refractivity (Wildman–Crippen MR) is 120 cm³/mol. The molecule has 0 fully saturated rings. The Labute approximate surface area is 182 Å². The van der Waals surface area contributed by atoms with Gasteiger partial charge >= 0.3 is 0 Å². The molecule has 1 amide bonds. The van der Waals surface area contributed by atoms with Crippen molar-refractivity contribution in [1.82, 2.24) is 0 Å². The average molecular weight is 441 g/mol. The van der Waals surface area contributed by atoms with Gasteiger partial charge in [-0.15, -0.1) is 0 Å². The second-order valence-electron chi connectivity index (χ2n) is 6.74. The smallest absolute Gasteiger partial charge is 0.261 e. The standard InChI is InChI=1S/C23H24N2O5S/c1-17-16-19(12-13-22(17)30-15-14-29-2)31(27,28)25-21-11-7-6-10-20(21)23(26)24-18-8-4-3-5-9-18/h3-13,16,25H,14-15H2,1-2H3,(H,24,26). The van der Waals surface area contributed by atoms with E-state index in [1.165, 1.54) is 12.1 Å². The van der Waals surface area contributed by atoms with Crippen molar-refractivity contribution in [2.24, 2.45) is 0 Å². The Kier molecular flexibility index (Phi) is 7.28. The van der Waals surface area contributed by atoms with Gasteiger partial charge < -0.3 is 14.8 Å². The van der Waals surface area contributed by atoms with E-state index in [2.05, 4.69) is 10.0 Å². The van der Waals surface area contributed by atoms with E-state index in [-0.39, 0.29) is 16.1 Å². The van der Waals surface area contributed by atoms with Crippen LogP contribution in [-0.4, -0.2) is 34.6 Å². The van der Waals surface area contributed by atoms with Crippen molar-refractivity contribution < 1.29 is 22.7 Å². The molecule has 0 aromatic heterocycles. The first-order valence-electron chi connectivity index (χ1n) is 9.61. The fourth-order valence-electron chi connectivity index (χ4n) is 2.88. The van der Waals surface area contributed by atoms with Crippen LogP contribution in [0.4, 0.5) is 11.4 Å². The Balaban J connectivity index is 1.80. The lowest BCUT2D eigenvalue weighted by Crippen LogP contribution is -2.18. The summed E-state index contributed by atoms with van der Waals surface area (Å²) in [7, 11) is -2.34. The molecule has 3 rings (SSSR count). The number of nitrogens with one attached hydrogen (secondary N) is 2. The van der Waals surface area contributed by atoms with Gasteiger partial charge in [0.15, 0.2) is 0 Å². The number of carbonyl (C=O) groups is 1. The van der Waals surface area contributed by atoms with Gasteiger partial charge in [0, 0.05) is 12.8 Å². The Morgan fingerprint density at radius 3 is 2.35 bits per heavy atom. The minimum atomic E-state index is -3.92. The highest BCUT2D eigenvalue weighted by Gasteiger charge is 2.19. The summed E-state index contributed by atoms with van der Waals surface area (Å²) in [6.45, 7) is 2.57. The van der Waals surface area contributed by atoms with Crippen molar-refractivity contribution in [1.29, 1.82) is 0 Å². The number of hydrogen-bond donors (Lipinski definition) is 2. The molecule has 162 valence electrons. The third-order valence-corrected chi connectivity index (χ3v) is 5.81. The first-order chi connectivity index (χ1) is 14.9. The molecule has 0 radical (unpaired) electrons. The molecule has 8 heteroatoms. The fraction of sp³-hybridized carbons (Fsp3) is 0.174. The van der Waals surface area contributed by atoms with Gasteiger partial charge in [-0.25, -0.2) is 8.42 Å². The van der Waals surface area contributed by atoms with Crippen LogP contribution in [0.3, 0.4) is 0 Å². The maximum atomic E-state index is 13.0. The van der Waals surface area contributed by atoms with E-state index in [4.69, 9.17) is 9.47 Å². The van der Waals surface area contributed by atoms with E-state index in [1.54, 1.807) is 68.6 Å². The average Bonchev–Trinajstić information content (AvgIpc) is 2.75. The van der Waals surface area contributed by atoms with Crippen LogP contribution in [0.5, 0.6) is 5.75 Å². The minimum absolute atomic E-state index is 0.0716. The molecule has 3 aromatic carbocycles. The molecule has 0 spiro atoms. The van der Waals surface area contributed by atoms with Crippen molar-refractivity contribution in [3.05, 3.63) is 83.9 Å². The zero-order valence-electron chi connectivity index (χ0n) is 17.3. The molecule has 0 aliphatic carbocycles. The van der Waals surface area contributed by atoms with Crippen molar-refractivity contribution in [2.45, 2.75) is 11.8 Å². The highest BCUT2D eigenvalue weighted by atomic mass is 32.2. The molecule has 0 heterocycles. The fourth-order valence-corrected chi connectivity index (χ4v) is 4.04. The van der Waals surface area contributed by atoms with Gasteiger partial charge in [0.25, 0.3) is 15.9 Å². The van der Waals surface area contributed by atoms with Crippen LogP contribution >= 0.6 is 0 Å². The number of amides is 1. The summed E-state index contributed by atoms with van der Waals surface area (Å²) >= 11 is 0. The van der Waals surface area contributed by atoms with Crippen molar-refractivity contribution in [2.75, 3.05) is 30.4 Å². The summed E-state index contributed by atoms with van der Waals surface area (Å²) in [6.07, 6.45) is 0. The number of hydrogen-bond acceptors (Lipinski definition) is 5. The molecule has 0 saturated carbocycles. The Morgan fingerprint density at radius 2 is 1.65 bits per heavy atom. The van der Waals surface area contributed by atoms with Crippen LogP contribution in [0.2, 0.25) is 0 Å². The molecule has 0 aliphatic rings. The van der Waals surface area contributed by atoms with Crippen LogP contribution in [0.25, 0.3) is 0 Å². The van der Waals surface area contributed by atoms with E-state index in [0.717, 1.165) is 0 Å². The van der Waals surface area contributed by atoms with Crippen LogP contribution < -0.4 is 14.8 Å². The number of sulfonamides is 1. The van der Waals surface area contributed by atoms with Crippen LogP contribution in [-0.2, 0) is 14.8 Å². The second kappa shape index (κ2) is 10.1. The molecule has 0 saturated heterocycles. The minimum Gasteiger partial charge on any atom is -0.491 e. The number of methoxy groups -OCH3 is 1. The van der Waals surface area contributed by atoms with Crippen molar-refractivity contribution in [3.63, 3.8) is 0 Å². The van der Waals surface area contributed by atoms with Gasteiger partial charge in [0.2, 0.25) is 0 Å². The van der Waals surface area contributed by atoms with Crippen LogP contribution in [0.1, 0.15) is 15.9 Å². The Morgan fingerprint density at radius 1 is 0.935 bits per heavy atom. The number of benzene rings is 3. The van der Waals surface area contributed by atoms with Gasteiger partial charge in [0.1, 0.15) is 12.4 Å². The molecule has 0 aliphatic heterocycles. The molecule has 2 N–H and O–H groups in total. The first kappa shape index (κ1) is 22.3. The highest BCUT2D eigenvalue weighted by Crippen LogP contribution is 2.25. The number of para-hydroxylation sites is 2. The van der Waals surface area contributed by atoms with E-state index in [0.29, 0.717) is 30.2 Å². The molecule has 3 aromatic rings. The maximum Gasteiger partial charge on any atom is 0.261 e. The SMILES string of the molecule is COCCOc1ccc(S(=O)(=O)Nc2ccccc2C(=O)Nc2ccccc2)cc1C. The topological polar surface area (TPSA) is 93.7 Å².